The number of hydrogen-bond acceptors (Lipinski definition) is 5. The molecule has 150 valence electrons. The third kappa shape index (κ3) is 5.06. The highest BCUT2D eigenvalue weighted by Gasteiger charge is 2.15. The SMILES string of the molecule is CCc1cc(C(=O)CNC(=O)c2ccc(OCCF)c(OC)c2)nc(C)c1C. The summed E-state index contributed by atoms with van der Waals surface area (Å²) in [6.07, 6.45) is 0.804. The van der Waals surface area contributed by atoms with Gasteiger partial charge in [0.25, 0.3) is 5.91 Å². The number of benzene rings is 1. The highest BCUT2D eigenvalue weighted by atomic mass is 19.1. The number of ketones is 1. The number of amides is 1. The van der Waals surface area contributed by atoms with E-state index in [1.54, 1.807) is 6.07 Å². The van der Waals surface area contributed by atoms with Crippen molar-refractivity contribution in [1.82, 2.24) is 10.3 Å². The van der Waals surface area contributed by atoms with Crippen LogP contribution in [0, 0.1) is 13.8 Å². The van der Waals surface area contributed by atoms with Crippen LogP contribution in [-0.2, 0) is 6.42 Å². The molecule has 1 aromatic heterocycles. The van der Waals surface area contributed by atoms with Crippen molar-refractivity contribution in [2.24, 2.45) is 0 Å². The summed E-state index contributed by atoms with van der Waals surface area (Å²) in [4.78, 5) is 29.2. The summed E-state index contributed by atoms with van der Waals surface area (Å²) in [7, 11) is 1.43. The Labute approximate surface area is 164 Å². The summed E-state index contributed by atoms with van der Waals surface area (Å²) in [5, 5.41) is 2.60. The van der Waals surface area contributed by atoms with Gasteiger partial charge in [-0.1, -0.05) is 6.92 Å². The highest BCUT2D eigenvalue weighted by molar-refractivity contribution is 6.01. The van der Waals surface area contributed by atoms with Gasteiger partial charge in [0.1, 0.15) is 19.0 Å². The molecule has 0 unspecified atom stereocenters. The summed E-state index contributed by atoms with van der Waals surface area (Å²) >= 11 is 0. The zero-order valence-corrected chi connectivity index (χ0v) is 16.6. The molecule has 0 radical (unpaired) electrons. The molecule has 1 amide bonds. The number of carbonyl (C=O) groups excluding carboxylic acids is 2. The lowest BCUT2D eigenvalue weighted by molar-refractivity contribution is 0.0902. The molecule has 0 spiro atoms. The zero-order valence-electron chi connectivity index (χ0n) is 16.6. The van der Waals surface area contributed by atoms with E-state index in [4.69, 9.17) is 9.47 Å². The molecule has 0 aliphatic carbocycles. The second kappa shape index (κ2) is 9.82. The maximum atomic E-state index is 12.5. The minimum atomic E-state index is -0.625. The largest absolute Gasteiger partial charge is 0.493 e. The van der Waals surface area contributed by atoms with Crippen LogP contribution < -0.4 is 14.8 Å². The first-order chi connectivity index (χ1) is 13.4. The molecule has 6 nitrogen and oxygen atoms in total. The first kappa shape index (κ1) is 21.3. The lowest BCUT2D eigenvalue weighted by Gasteiger charge is -2.12. The fourth-order valence-electron chi connectivity index (χ4n) is 2.74. The predicted molar refractivity (Wildman–Crippen MR) is 104 cm³/mol. The second-order valence-electron chi connectivity index (χ2n) is 6.24. The summed E-state index contributed by atoms with van der Waals surface area (Å²) in [5.41, 5.74) is 3.59. The Kier molecular flexibility index (Phi) is 7.49. The average molecular weight is 388 g/mol. The molecule has 2 aromatic rings. The van der Waals surface area contributed by atoms with Crippen molar-refractivity contribution in [3.05, 3.63) is 52.3 Å². The normalized spacial score (nSPS) is 10.5. The number of aromatic nitrogens is 1. The number of ether oxygens (including phenoxy) is 2. The number of hydrogen-bond donors (Lipinski definition) is 1. The zero-order chi connectivity index (χ0) is 20.7. The topological polar surface area (TPSA) is 77.5 Å². The monoisotopic (exact) mass is 388 g/mol. The number of halogens is 1. The van der Waals surface area contributed by atoms with Crippen molar-refractivity contribution < 1.29 is 23.5 Å². The van der Waals surface area contributed by atoms with Gasteiger partial charge >= 0.3 is 0 Å². The first-order valence-electron chi connectivity index (χ1n) is 9.06. The van der Waals surface area contributed by atoms with Crippen molar-refractivity contribution in [3.63, 3.8) is 0 Å². The molecule has 0 aliphatic heterocycles. The van der Waals surface area contributed by atoms with E-state index in [9.17, 15) is 14.0 Å². The number of aryl methyl sites for hydroxylation is 2. The van der Waals surface area contributed by atoms with Crippen LogP contribution in [0.25, 0.3) is 0 Å². The van der Waals surface area contributed by atoms with Crippen LogP contribution in [-0.4, -0.2) is 43.6 Å². The van der Waals surface area contributed by atoms with Crippen LogP contribution >= 0.6 is 0 Å². The molecule has 28 heavy (non-hydrogen) atoms. The fourth-order valence-corrected chi connectivity index (χ4v) is 2.74. The van der Waals surface area contributed by atoms with Crippen LogP contribution in [0.2, 0.25) is 0 Å². The van der Waals surface area contributed by atoms with Crippen molar-refractivity contribution in [3.8, 4) is 11.5 Å². The van der Waals surface area contributed by atoms with Gasteiger partial charge in [0.2, 0.25) is 0 Å². The number of methoxy groups -OCH3 is 1. The maximum absolute atomic E-state index is 12.5. The van der Waals surface area contributed by atoms with Gasteiger partial charge in [0, 0.05) is 11.3 Å². The Balaban J connectivity index is 2.07. The van der Waals surface area contributed by atoms with Crippen molar-refractivity contribution in [2.45, 2.75) is 27.2 Å². The van der Waals surface area contributed by atoms with Gasteiger partial charge in [-0.15, -0.1) is 0 Å². The third-order valence-corrected chi connectivity index (χ3v) is 4.46. The molecule has 0 atom stereocenters. The molecule has 1 aromatic carbocycles. The summed E-state index contributed by atoms with van der Waals surface area (Å²) in [6, 6.07) is 6.32. The van der Waals surface area contributed by atoms with Crippen LogP contribution in [0.15, 0.2) is 24.3 Å². The van der Waals surface area contributed by atoms with Crippen LogP contribution in [0.3, 0.4) is 0 Å². The van der Waals surface area contributed by atoms with Crippen LogP contribution in [0.4, 0.5) is 4.39 Å². The van der Waals surface area contributed by atoms with Crippen molar-refractivity contribution in [2.75, 3.05) is 26.9 Å². The smallest absolute Gasteiger partial charge is 0.251 e. The lowest BCUT2D eigenvalue weighted by atomic mass is 10.0. The van der Waals surface area contributed by atoms with Gasteiger partial charge < -0.3 is 14.8 Å². The Morgan fingerprint density at radius 1 is 1.18 bits per heavy atom. The fraction of sp³-hybridized carbons (Fsp3) is 0.381. The predicted octanol–water partition coefficient (Wildman–Crippen LogP) is 3.23. The molecule has 0 saturated carbocycles. The Bertz CT molecular complexity index is 868. The average Bonchev–Trinajstić information content (AvgIpc) is 2.71. The van der Waals surface area contributed by atoms with Gasteiger partial charge in [0.05, 0.1) is 13.7 Å². The molecule has 0 aliphatic rings. The van der Waals surface area contributed by atoms with E-state index < -0.39 is 12.6 Å². The minimum Gasteiger partial charge on any atom is -0.493 e. The van der Waals surface area contributed by atoms with E-state index in [0.29, 0.717) is 22.8 Å². The standard InChI is InChI=1S/C21H25FN2O4/c1-5-15-10-17(24-14(3)13(15)2)18(25)12-23-21(26)16-6-7-19(28-9-8-22)20(11-16)27-4/h6-7,10-11H,5,8-9,12H2,1-4H3,(H,23,26). The van der Waals surface area contributed by atoms with Crippen molar-refractivity contribution >= 4 is 11.7 Å². The van der Waals surface area contributed by atoms with E-state index in [1.807, 2.05) is 20.8 Å². The van der Waals surface area contributed by atoms with Gasteiger partial charge in [-0.2, -0.15) is 0 Å². The molecule has 1 N–H and O–H groups in total. The number of carbonyl (C=O) groups is 2. The van der Waals surface area contributed by atoms with Gasteiger partial charge in [-0.3, -0.25) is 9.59 Å². The summed E-state index contributed by atoms with van der Waals surface area (Å²) < 4.78 is 22.7. The van der Waals surface area contributed by atoms with Gasteiger partial charge in [-0.25, -0.2) is 9.37 Å². The number of rotatable bonds is 9. The highest BCUT2D eigenvalue weighted by Crippen LogP contribution is 2.28. The minimum absolute atomic E-state index is 0.0981. The van der Waals surface area contributed by atoms with Gasteiger partial charge in [0.15, 0.2) is 17.3 Å². The molecule has 2 rings (SSSR count). The maximum Gasteiger partial charge on any atom is 0.251 e. The number of pyridine rings is 1. The number of Topliss-reactive ketones (excluding diaryl/α,β-unsaturated/α-hetero) is 1. The molecule has 0 saturated heterocycles. The lowest BCUT2D eigenvalue weighted by Crippen LogP contribution is -2.30. The first-order valence-corrected chi connectivity index (χ1v) is 9.06. The molecule has 1 heterocycles. The van der Waals surface area contributed by atoms with Crippen LogP contribution in [0.1, 0.15) is 44.6 Å². The second-order valence-corrected chi connectivity index (χ2v) is 6.24. The molecular formula is C21H25FN2O4. The third-order valence-electron chi connectivity index (χ3n) is 4.46. The number of nitrogens with zero attached hydrogens (tertiary/aromatic N) is 1. The molecule has 7 heteroatoms. The number of alkyl halides is 1. The quantitative estimate of drug-likeness (QED) is 0.668. The Hall–Kier alpha value is -2.96. The van der Waals surface area contributed by atoms with E-state index in [1.165, 1.54) is 25.3 Å². The summed E-state index contributed by atoms with van der Waals surface area (Å²) in [5.74, 6) is -0.0284. The Morgan fingerprint density at radius 3 is 2.57 bits per heavy atom. The number of nitrogens with one attached hydrogen (secondary N) is 1. The molecular weight excluding hydrogens is 363 g/mol. The molecule has 0 bridgehead atoms. The Morgan fingerprint density at radius 2 is 1.93 bits per heavy atom. The van der Waals surface area contributed by atoms with Crippen molar-refractivity contribution in [1.29, 1.82) is 0 Å². The van der Waals surface area contributed by atoms with Crippen LogP contribution in [0.5, 0.6) is 11.5 Å². The van der Waals surface area contributed by atoms with E-state index in [-0.39, 0.29) is 18.9 Å². The van der Waals surface area contributed by atoms with E-state index >= 15 is 0 Å². The summed E-state index contributed by atoms with van der Waals surface area (Å²) in [6.45, 7) is 4.97. The van der Waals surface area contributed by atoms with E-state index in [2.05, 4.69) is 10.3 Å². The van der Waals surface area contributed by atoms with Gasteiger partial charge in [-0.05, 0) is 55.7 Å². The molecule has 0 fully saturated rings. The van der Waals surface area contributed by atoms with E-state index in [0.717, 1.165) is 23.2 Å².